The topological polar surface area (TPSA) is 127 Å². The van der Waals surface area contributed by atoms with Gasteiger partial charge in [0.2, 0.25) is 23.1 Å². The molecule has 0 saturated carbocycles. The van der Waals surface area contributed by atoms with Gasteiger partial charge >= 0.3 is 0 Å². The van der Waals surface area contributed by atoms with E-state index in [2.05, 4.69) is 22.4 Å². The first-order chi connectivity index (χ1) is 24.8. The number of ether oxygens (including phenoxy) is 5. The Labute approximate surface area is 301 Å². The van der Waals surface area contributed by atoms with Gasteiger partial charge in [-0.25, -0.2) is 8.42 Å². The van der Waals surface area contributed by atoms with Crippen LogP contribution in [0.2, 0.25) is 0 Å². The van der Waals surface area contributed by atoms with Crippen molar-refractivity contribution in [2.75, 3.05) is 66.4 Å². The van der Waals surface area contributed by atoms with E-state index in [1.807, 2.05) is 41.3 Å². The van der Waals surface area contributed by atoms with E-state index < -0.39 is 16.3 Å². The zero-order valence-corrected chi connectivity index (χ0v) is 29.9. The molecule has 0 aliphatic carbocycles. The lowest BCUT2D eigenvalue weighted by molar-refractivity contribution is -0.153. The van der Waals surface area contributed by atoms with E-state index in [1.165, 1.54) is 23.5 Å². The molecule has 7 rings (SSSR count). The van der Waals surface area contributed by atoms with Crippen molar-refractivity contribution in [2.45, 2.75) is 30.1 Å². The molecule has 1 amide bonds. The van der Waals surface area contributed by atoms with Gasteiger partial charge in [0.15, 0.2) is 17.3 Å². The van der Waals surface area contributed by atoms with Gasteiger partial charge in [0, 0.05) is 62.9 Å². The third kappa shape index (κ3) is 7.86. The summed E-state index contributed by atoms with van der Waals surface area (Å²) in [6.45, 7) is 3.00. The van der Waals surface area contributed by atoms with Crippen LogP contribution in [-0.4, -0.2) is 106 Å². The summed E-state index contributed by atoms with van der Waals surface area (Å²) in [5.74, 6) is 1.94. The molecule has 51 heavy (non-hydrogen) atoms. The van der Waals surface area contributed by atoms with Crippen molar-refractivity contribution in [3.05, 3.63) is 95.1 Å². The predicted octanol–water partition coefficient (Wildman–Crippen LogP) is 4.40. The molecule has 270 valence electrons. The maximum Gasteiger partial charge on any atom is 0.288 e. The number of fused-ring (bicyclic) bond motifs is 2. The Morgan fingerprint density at radius 1 is 1.00 bits per heavy atom. The van der Waals surface area contributed by atoms with Gasteiger partial charge in [-0.15, -0.1) is 11.3 Å². The van der Waals surface area contributed by atoms with Crippen molar-refractivity contribution in [3.63, 3.8) is 0 Å². The van der Waals surface area contributed by atoms with Crippen LogP contribution in [0.5, 0.6) is 17.2 Å². The summed E-state index contributed by atoms with van der Waals surface area (Å²) >= 11 is 1.65. The van der Waals surface area contributed by atoms with Crippen LogP contribution in [0.1, 0.15) is 23.5 Å². The minimum Gasteiger partial charge on any atom is -0.497 e. The molecule has 4 heterocycles. The second-order valence-corrected chi connectivity index (χ2v) is 15.4. The summed E-state index contributed by atoms with van der Waals surface area (Å²) in [6.07, 6.45) is 1.57. The maximum absolute atomic E-state index is 14.0. The van der Waals surface area contributed by atoms with Gasteiger partial charge in [-0.05, 0) is 70.4 Å². The van der Waals surface area contributed by atoms with Gasteiger partial charge in [-0.3, -0.25) is 9.69 Å². The van der Waals surface area contributed by atoms with Crippen LogP contribution < -0.4 is 14.2 Å². The summed E-state index contributed by atoms with van der Waals surface area (Å²) in [5, 5.41) is 12.9. The Balaban J connectivity index is 1.03. The SMILES string of the molecule is COc1ccc(S(=O)(=O)N(CCO)CCO[C@@H]2C[C@H](c3csc4ccccc34)C=C(C(=O)N3CCN(Cc4ccc5c(c4)OCO5)CC3)O2)cc1. The fraction of sp³-hybridized carbons (Fsp3) is 0.378. The summed E-state index contributed by atoms with van der Waals surface area (Å²) < 4.78 is 57.8. The van der Waals surface area contributed by atoms with Crippen molar-refractivity contribution >= 4 is 37.4 Å². The van der Waals surface area contributed by atoms with Gasteiger partial charge in [0.05, 0.1) is 25.2 Å². The number of nitrogens with zero attached hydrogens (tertiary/aromatic N) is 3. The molecule has 1 N–H and O–H groups in total. The van der Waals surface area contributed by atoms with E-state index in [1.54, 1.807) is 23.5 Å². The standard InChI is InChI=1S/C37H41N3O9S2/c1-45-28-7-9-29(10-8-28)51(43,44)40(16-18-41)17-19-46-36-22-27(31-24-50-35-5-3-2-4-30(31)35)21-34(49-36)37(42)39-14-12-38(13-15-39)23-26-6-11-32-33(20-26)48-25-47-32/h2-11,20-21,24,27,36,41H,12-19,22-23,25H2,1H3/t27-,36+/m1/s1. The van der Waals surface area contributed by atoms with Crippen LogP contribution in [0.4, 0.5) is 0 Å². The lowest BCUT2D eigenvalue weighted by atomic mass is 9.92. The number of carbonyl (C=O) groups is 1. The summed E-state index contributed by atoms with van der Waals surface area (Å²) in [4.78, 5) is 18.2. The third-order valence-electron chi connectivity index (χ3n) is 9.37. The number of thiophene rings is 1. The van der Waals surface area contributed by atoms with Crippen LogP contribution >= 0.6 is 11.3 Å². The fourth-order valence-electron chi connectivity index (χ4n) is 6.62. The molecule has 0 bridgehead atoms. The highest BCUT2D eigenvalue weighted by Gasteiger charge is 2.34. The van der Waals surface area contributed by atoms with Gasteiger partial charge in [0.1, 0.15) is 5.75 Å². The Morgan fingerprint density at radius 3 is 2.57 bits per heavy atom. The van der Waals surface area contributed by atoms with E-state index in [4.69, 9.17) is 23.7 Å². The molecule has 3 aromatic carbocycles. The van der Waals surface area contributed by atoms with Crippen molar-refractivity contribution in [3.8, 4) is 17.2 Å². The number of aliphatic hydroxyl groups is 1. The normalized spacial score (nSPS) is 19.3. The number of rotatable bonds is 13. The molecular weight excluding hydrogens is 695 g/mol. The Hall–Kier alpha value is -4.18. The van der Waals surface area contributed by atoms with Crippen LogP contribution in [0.15, 0.2) is 88.8 Å². The molecule has 4 aromatic rings. The van der Waals surface area contributed by atoms with E-state index in [9.17, 15) is 18.3 Å². The summed E-state index contributed by atoms with van der Waals surface area (Å²) in [7, 11) is -2.41. The molecule has 1 saturated heterocycles. The number of sulfonamides is 1. The molecular formula is C37H41N3O9S2. The number of hydrogen-bond acceptors (Lipinski definition) is 11. The largest absolute Gasteiger partial charge is 0.497 e. The quantitative estimate of drug-likeness (QED) is 0.211. The minimum atomic E-state index is -3.92. The minimum absolute atomic E-state index is 0.00282. The molecule has 12 nitrogen and oxygen atoms in total. The number of carbonyl (C=O) groups excluding carboxylic acids is 1. The van der Waals surface area contributed by atoms with Gasteiger partial charge in [-0.1, -0.05) is 24.3 Å². The second kappa shape index (κ2) is 15.6. The first-order valence-corrected chi connectivity index (χ1v) is 19.3. The number of aliphatic hydroxyl groups excluding tert-OH is 1. The van der Waals surface area contributed by atoms with Gasteiger partial charge < -0.3 is 33.7 Å². The third-order valence-corrected chi connectivity index (χ3v) is 12.3. The molecule has 0 radical (unpaired) electrons. The maximum atomic E-state index is 14.0. The second-order valence-electron chi connectivity index (χ2n) is 12.5. The van der Waals surface area contributed by atoms with E-state index in [0.717, 1.165) is 39.3 Å². The zero-order chi connectivity index (χ0) is 35.4. The molecule has 0 unspecified atom stereocenters. The van der Waals surface area contributed by atoms with E-state index in [0.29, 0.717) is 38.3 Å². The van der Waals surface area contributed by atoms with Crippen LogP contribution in [-0.2, 0) is 30.8 Å². The summed E-state index contributed by atoms with van der Waals surface area (Å²) in [5.41, 5.74) is 2.22. The van der Waals surface area contributed by atoms with Crippen molar-refractivity contribution in [1.82, 2.24) is 14.1 Å². The smallest absolute Gasteiger partial charge is 0.288 e. The zero-order valence-electron chi connectivity index (χ0n) is 28.3. The lowest BCUT2D eigenvalue weighted by Gasteiger charge is -2.36. The van der Waals surface area contributed by atoms with Gasteiger partial charge in [-0.2, -0.15) is 4.31 Å². The predicted molar refractivity (Wildman–Crippen MR) is 191 cm³/mol. The average Bonchev–Trinajstić information content (AvgIpc) is 3.82. The lowest BCUT2D eigenvalue weighted by Crippen LogP contribution is -2.49. The number of methoxy groups -OCH3 is 1. The fourth-order valence-corrected chi connectivity index (χ4v) is 9.06. The highest BCUT2D eigenvalue weighted by atomic mass is 32.2. The molecule has 1 aromatic heterocycles. The van der Waals surface area contributed by atoms with Gasteiger partial charge in [0.25, 0.3) is 5.91 Å². The number of amides is 1. The molecule has 3 aliphatic rings. The Bertz CT molecular complexity index is 1970. The first kappa shape index (κ1) is 35.2. The number of hydrogen-bond donors (Lipinski definition) is 1. The first-order valence-electron chi connectivity index (χ1n) is 16.9. The molecule has 0 spiro atoms. The van der Waals surface area contributed by atoms with Crippen molar-refractivity contribution in [2.24, 2.45) is 0 Å². The average molecular weight is 736 g/mol. The molecule has 2 atom stereocenters. The highest BCUT2D eigenvalue weighted by Crippen LogP contribution is 2.39. The van der Waals surface area contributed by atoms with Crippen molar-refractivity contribution in [1.29, 1.82) is 0 Å². The van der Waals surface area contributed by atoms with Crippen LogP contribution in [0, 0.1) is 0 Å². The van der Waals surface area contributed by atoms with Crippen LogP contribution in [0.25, 0.3) is 10.1 Å². The van der Waals surface area contributed by atoms with Crippen LogP contribution in [0.3, 0.4) is 0 Å². The molecule has 3 aliphatic heterocycles. The molecule has 1 fully saturated rings. The number of allylic oxidation sites excluding steroid dienone is 1. The number of benzene rings is 3. The summed E-state index contributed by atoms with van der Waals surface area (Å²) in [6, 6.07) is 20.2. The monoisotopic (exact) mass is 735 g/mol. The van der Waals surface area contributed by atoms with E-state index >= 15 is 0 Å². The Kier molecular flexibility index (Phi) is 10.8. The Morgan fingerprint density at radius 2 is 1.78 bits per heavy atom. The number of piperazine rings is 1. The highest BCUT2D eigenvalue weighted by molar-refractivity contribution is 7.89. The van der Waals surface area contributed by atoms with Crippen molar-refractivity contribution < 1.29 is 42.0 Å². The molecule has 14 heteroatoms. The van der Waals surface area contributed by atoms with E-state index in [-0.39, 0.29) is 55.6 Å².